The average Bonchev–Trinajstić information content (AvgIpc) is 2.72. The summed E-state index contributed by atoms with van der Waals surface area (Å²) in [5.74, 6) is -0.174. The quantitative estimate of drug-likeness (QED) is 0.819. The molecule has 156 valence electrons. The largest absolute Gasteiger partial charge is 0.416 e. The molecule has 0 aliphatic carbocycles. The lowest BCUT2D eigenvalue weighted by molar-refractivity contribution is -0.137. The van der Waals surface area contributed by atoms with Crippen molar-refractivity contribution in [3.63, 3.8) is 0 Å². The molecular weight excluding hydrogens is 379 g/mol. The Balaban J connectivity index is 2.04. The Morgan fingerprint density at radius 3 is 2.28 bits per heavy atom. The Hall–Kier alpha value is -2.38. The fourth-order valence-electron chi connectivity index (χ4n) is 3.84. The van der Waals surface area contributed by atoms with Crippen LogP contribution in [0.15, 0.2) is 54.6 Å². The van der Waals surface area contributed by atoms with Crippen LogP contribution in [-0.2, 0) is 17.5 Å². The highest BCUT2D eigenvalue weighted by molar-refractivity contribution is 6.00. The number of piperidine rings is 1. The van der Waals surface area contributed by atoms with Gasteiger partial charge in [-0.15, -0.1) is 0 Å². The van der Waals surface area contributed by atoms with E-state index < -0.39 is 17.3 Å². The maximum Gasteiger partial charge on any atom is 0.416 e. The van der Waals surface area contributed by atoms with Gasteiger partial charge in [0.15, 0.2) is 0 Å². The predicted octanol–water partition coefficient (Wildman–Crippen LogP) is 3.92. The maximum absolute atomic E-state index is 13.8. The molecule has 29 heavy (non-hydrogen) atoms. The number of halogens is 3. The first kappa shape index (κ1) is 21.3. The monoisotopic (exact) mass is 405 g/mol. The number of anilines is 1. The fraction of sp³-hybridized carbons (Fsp3) is 0.409. The summed E-state index contributed by atoms with van der Waals surface area (Å²) < 4.78 is 39.9. The highest BCUT2D eigenvalue weighted by Gasteiger charge is 2.44. The number of benzene rings is 2. The van der Waals surface area contributed by atoms with Crippen LogP contribution in [0.5, 0.6) is 0 Å². The third-order valence-corrected chi connectivity index (χ3v) is 5.60. The number of nitrogens with zero attached hydrogens (tertiary/aromatic N) is 2. The highest BCUT2D eigenvalue weighted by atomic mass is 19.4. The van der Waals surface area contributed by atoms with Crippen LogP contribution >= 0.6 is 0 Å². The van der Waals surface area contributed by atoms with Gasteiger partial charge in [0.2, 0.25) is 5.91 Å². The maximum atomic E-state index is 13.8. The number of alkyl halides is 3. The van der Waals surface area contributed by atoms with E-state index in [9.17, 15) is 18.0 Å². The van der Waals surface area contributed by atoms with Gasteiger partial charge in [-0.1, -0.05) is 36.4 Å². The second-order valence-corrected chi connectivity index (χ2v) is 7.60. The molecule has 0 radical (unpaired) electrons. The Morgan fingerprint density at radius 1 is 1.03 bits per heavy atom. The SMILES string of the molecule is CN(C)C1(C(=O)N(Cc2ccccc2)c2cccc(C(F)(F)F)c2)CCNCC1. The summed E-state index contributed by atoms with van der Waals surface area (Å²) in [5, 5.41) is 3.26. The number of carbonyl (C=O) groups is 1. The summed E-state index contributed by atoms with van der Waals surface area (Å²) >= 11 is 0. The van der Waals surface area contributed by atoms with E-state index in [2.05, 4.69) is 5.32 Å². The standard InChI is InChI=1S/C22H26F3N3O/c1-27(2)21(11-13-26-14-12-21)20(29)28(16-17-7-4-3-5-8-17)19-10-6-9-18(15-19)22(23,24)25/h3-10,15,26H,11-14,16H2,1-2H3. The molecule has 0 saturated carbocycles. The van der Waals surface area contributed by atoms with Crippen LogP contribution < -0.4 is 10.2 Å². The van der Waals surface area contributed by atoms with E-state index in [4.69, 9.17) is 0 Å². The Bertz CT molecular complexity index is 831. The number of hydrogen-bond acceptors (Lipinski definition) is 3. The molecule has 1 aliphatic heterocycles. The van der Waals surface area contributed by atoms with Crippen molar-refractivity contribution >= 4 is 11.6 Å². The van der Waals surface area contributed by atoms with Crippen LogP contribution in [0, 0.1) is 0 Å². The van der Waals surface area contributed by atoms with Gasteiger partial charge in [-0.05, 0) is 63.8 Å². The third kappa shape index (κ3) is 4.62. The van der Waals surface area contributed by atoms with E-state index in [1.165, 1.54) is 11.0 Å². The minimum absolute atomic E-state index is 0.174. The Morgan fingerprint density at radius 2 is 1.69 bits per heavy atom. The Kier molecular flexibility index (Phi) is 6.29. The van der Waals surface area contributed by atoms with Crippen molar-refractivity contribution in [2.75, 3.05) is 32.1 Å². The van der Waals surface area contributed by atoms with Crippen molar-refractivity contribution in [1.29, 1.82) is 0 Å². The van der Waals surface area contributed by atoms with Gasteiger partial charge in [0.05, 0.1) is 12.1 Å². The molecule has 1 heterocycles. The second-order valence-electron chi connectivity index (χ2n) is 7.60. The molecule has 1 fully saturated rings. The van der Waals surface area contributed by atoms with E-state index in [-0.39, 0.29) is 18.1 Å². The average molecular weight is 405 g/mol. The highest BCUT2D eigenvalue weighted by Crippen LogP contribution is 2.34. The van der Waals surface area contributed by atoms with Crippen LogP contribution in [0.1, 0.15) is 24.0 Å². The van der Waals surface area contributed by atoms with Crippen molar-refractivity contribution in [3.05, 3.63) is 65.7 Å². The van der Waals surface area contributed by atoms with E-state index in [0.717, 1.165) is 17.7 Å². The lowest BCUT2D eigenvalue weighted by Crippen LogP contribution is -2.61. The summed E-state index contributed by atoms with van der Waals surface area (Å²) in [5.41, 5.74) is -0.395. The third-order valence-electron chi connectivity index (χ3n) is 5.60. The van der Waals surface area contributed by atoms with Crippen LogP contribution in [0.3, 0.4) is 0 Å². The zero-order valence-corrected chi connectivity index (χ0v) is 16.7. The first-order chi connectivity index (χ1) is 13.7. The number of carbonyl (C=O) groups excluding carboxylic acids is 1. The fourth-order valence-corrected chi connectivity index (χ4v) is 3.84. The minimum atomic E-state index is -4.47. The van der Waals surface area contributed by atoms with E-state index >= 15 is 0 Å². The van der Waals surface area contributed by atoms with Gasteiger partial charge in [0, 0.05) is 5.69 Å². The minimum Gasteiger partial charge on any atom is -0.317 e. The van der Waals surface area contributed by atoms with Crippen LogP contribution in [0.25, 0.3) is 0 Å². The van der Waals surface area contributed by atoms with Gasteiger partial charge in [0.25, 0.3) is 0 Å². The number of rotatable bonds is 5. The summed E-state index contributed by atoms with van der Waals surface area (Å²) in [6.45, 7) is 1.58. The molecule has 7 heteroatoms. The molecule has 4 nitrogen and oxygen atoms in total. The van der Waals surface area contributed by atoms with E-state index in [0.29, 0.717) is 25.9 Å². The van der Waals surface area contributed by atoms with Crippen molar-refractivity contribution in [1.82, 2.24) is 10.2 Å². The lowest BCUT2D eigenvalue weighted by Gasteiger charge is -2.44. The number of nitrogens with one attached hydrogen (secondary N) is 1. The zero-order valence-electron chi connectivity index (χ0n) is 16.7. The smallest absolute Gasteiger partial charge is 0.317 e. The van der Waals surface area contributed by atoms with Gasteiger partial charge < -0.3 is 10.2 Å². The first-order valence-electron chi connectivity index (χ1n) is 9.65. The molecule has 0 atom stereocenters. The molecule has 1 aliphatic rings. The summed E-state index contributed by atoms with van der Waals surface area (Å²) in [6, 6.07) is 14.3. The molecular formula is C22H26F3N3O. The summed E-state index contributed by atoms with van der Waals surface area (Å²) in [7, 11) is 3.71. The molecule has 2 aromatic rings. The van der Waals surface area contributed by atoms with Gasteiger partial charge in [-0.25, -0.2) is 0 Å². The van der Waals surface area contributed by atoms with Crippen LogP contribution in [-0.4, -0.2) is 43.5 Å². The van der Waals surface area contributed by atoms with Crippen LogP contribution in [0.2, 0.25) is 0 Å². The Labute approximate surface area is 169 Å². The first-order valence-corrected chi connectivity index (χ1v) is 9.65. The zero-order chi connectivity index (χ0) is 21.1. The predicted molar refractivity (Wildman–Crippen MR) is 108 cm³/mol. The van der Waals surface area contributed by atoms with Crippen molar-refractivity contribution in [2.24, 2.45) is 0 Å². The molecule has 0 bridgehead atoms. The van der Waals surface area contributed by atoms with Gasteiger partial charge in [-0.3, -0.25) is 9.69 Å². The number of likely N-dealkylation sites (N-methyl/N-ethyl adjacent to an activating group) is 1. The summed E-state index contributed by atoms with van der Waals surface area (Å²) in [6.07, 6.45) is -3.27. The number of amides is 1. The molecule has 1 amide bonds. The second kappa shape index (κ2) is 8.55. The molecule has 1 saturated heterocycles. The van der Waals surface area contributed by atoms with Crippen molar-refractivity contribution < 1.29 is 18.0 Å². The molecule has 2 aromatic carbocycles. The molecule has 0 unspecified atom stereocenters. The molecule has 1 N–H and O–H groups in total. The van der Waals surface area contributed by atoms with Crippen molar-refractivity contribution in [3.8, 4) is 0 Å². The van der Waals surface area contributed by atoms with Gasteiger partial charge >= 0.3 is 6.18 Å². The van der Waals surface area contributed by atoms with E-state index in [1.807, 2.05) is 49.3 Å². The van der Waals surface area contributed by atoms with Crippen LogP contribution in [0.4, 0.5) is 18.9 Å². The van der Waals surface area contributed by atoms with Gasteiger partial charge in [0.1, 0.15) is 5.54 Å². The normalized spacial score (nSPS) is 16.6. The lowest BCUT2D eigenvalue weighted by atomic mass is 9.85. The molecule has 3 rings (SSSR count). The number of hydrogen-bond donors (Lipinski definition) is 1. The van der Waals surface area contributed by atoms with E-state index in [1.54, 1.807) is 6.07 Å². The van der Waals surface area contributed by atoms with Crippen molar-refractivity contribution in [2.45, 2.75) is 31.1 Å². The topological polar surface area (TPSA) is 35.6 Å². The summed E-state index contributed by atoms with van der Waals surface area (Å²) in [4.78, 5) is 17.2. The molecule has 0 aromatic heterocycles. The van der Waals surface area contributed by atoms with Gasteiger partial charge in [-0.2, -0.15) is 13.2 Å². The molecule has 0 spiro atoms.